The van der Waals surface area contributed by atoms with E-state index < -0.39 is 0 Å². The number of hydrogen-bond acceptors (Lipinski definition) is 2. The number of aliphatic hydroxyl groups excluding tert-OH is 1. The molecule has 3 rings (SSSR count). The van der Waals surface area contributed by atoms with E-state index in [1.807, 2.05) is 12.1 Å². The molecule has 1 aromatic heterocycles. The summed E-state index contributed by atoms with van der Waals surface area (Å²) < 4.78 is 0. The molecule has 2 nitrogen and oxygen atoms in total. The van der Waals surface area contributed by atoms with E-state index in [1.165, 1.54) is 30.4 Å². The average Bonchev–Trinajstić information content (AvgIpc) is 2.45. The minimum absolute atomic E-state index is 0.376. The molecule has 20 heavy (non-hydrogen) atoms. The Balaban J connectivity index is 1.57. The van der Waals surface area contributed by atoms with Gasteiger partial charge in [0.25, 0.3) is 0 Å². The molecule has 1 aliphatic rings. The third kappa shape index (κ3) is 3.07. The van der Waals surface area contributed by atoms with Crippen molar-refractivity contribution in [1.82, 2.24) is 4.98 Å². The number of rotatable bonds is 5. The zero-order valence-corrected chi connectivity index (χ0v) is 11.7. The van der Waals surface area contributed by atoms with Crippen LogP contribution in [-0.4, -0.2) is 10.1 Å². The number of pyridine rings is 1. The van der Waals surface area contributed by atoms with Gasteiger partial charge in [0.2, 0.25) is 0 Å². The van der Waals surface area contributed by atoms with Crippen molar-refractivity contribution >= 4 is 0 Å². The van der Waals surface area contributed by atoms with Crippen LogP contribution in [0, 0.1) is 0 Å². The molecular weight excluding hydrogens is 246 g/mol. The van der Waals surface area contributed by atoms with Gasteiger partial charge in [-0.1, -0.05) is 30.7 Å². The molecule has 1 saturated carbocycles. The van der Waals surface area contributed by atoms with Gasteiger partial charge in [-0.15, -0.1) is 0 Å². The lowest BCUT2D eigenvalue weighted by Crippen LogP contribution is -2.08. The average molecular weight is 267 g/mol. The number of benzene rings is 1. The van der Waals surface area contributed by atoms with Crippen LogP contribution in [0.2, 0.25) is 0 Å². The lowest BCUT2D eigenvalue weighted by Gasteiger charge is -2.26. The van der Waals surface area contributed by atoms with Gasteiger partial charge in [-0.3, -0.25) is 4.98 Å². The summed E-state index contributed by atoms with van der Waals surface area (Å²) >= 11 is 0. The smallest absolute Gasteiger partial charge is 0.0793 e. The summed E-state index contributed by atoms with van der Waals surface area (Å²) in [6.07, 6.45) is 8.87. The van der Waals surface area contributed by atoms with Crippen LogP contribution >= 0.6 is 0 Å². The highest BCUT2D eigenvalue weighted by Gasteiger charge is 2.19. The van der Waals surface area contributed by atoms with Gasteiger partial charge in [0.1, 0.15) is 0 Å². The van der Waals surface area contributed by atoms with Gasteiger partial charge in [-0.05, 0) is 60.4 Å². The Hall–Kier alpha value is -1.67. The standard InChI is InChI=1S/C18H21NO/c20-18(9-4-14-10-12-19-13-11-14)17-7-5-16(6-8-17)15-2-1-3-15/h5-8,10-13,15,18,20H,1-4,9H2. The maximum atomic E-state index is 10.3. The summed E-state index contributed by atoms with van der Waals surface area (Å²) in [5.74, 6) is 0.762. The molecule has 0 saturated heterocycles. The zero-order chi connectivity index (χ0) is 13.8. The molecule has 1 N–H and O–H groups in total. The molecule has 0 aliphatic heterocycles. The van der Waals surface area contributed by atoms with Gasteiger partial charge in [0.15, 0.2) is 0 Å². The van der Waals surface area contributed by atoms with E-state index in [0.717, 1.165) is 24.3 Å². The summed E-state index contributed by atoms with van der Waals surface area (Å²) in [5.41, 5.74) is 3.69. The lowest BCUT2D eigenvalue weighted by atomic mass is 9.80. The summed E-state index contributed by atoms with van der Waals surface area (Å²) in [6, 6.07) is 12.6. The van der Waals surface area contributed by atoms with Crippen molar-refractivity contribution in [3.8, 4) is 0 Å². The first-order valence-electron chi connectivity index (χ1n) is 7.50. The van der Waals surface area contributed by atoms with Crippen LogP contribution in [0.15, 0.2) is 48.8 Å². The number of hydrogen-bond donors (Lipinski definition) is 1. The van der Waals surface area contributed by atoms with Crippen LogP contribution in [0.25, 0.3) is 0 Å². The fourth-order valence-corrected chi connectivity index (χ4v) is 2.75. The van der Waals surface area contributed by atoms with Gasteiger partial charge in [0, 0.05) is 12.4 Å². The first-order valence-corrected chi connectivity index (χ1v) is 7.50. The van der Waals surface area contributed by atoms with E-state index in [-0.39, 0.29) is 6.10 Å². The molecule has 1 unspecified atom stereocenters. The van der Waals surface area contributed by atoms with Crippen molar-refractivity contribution in [2.24, 2.45) is 0 Å². The number of aliphatic hydroxyl groups is 1. The van der Waals surface area contributed by atoms with E-state index >= 15 is 0 Å². The Bertz CT molecular complexity index is 531. The van der Waals surface area contributed by atoms with Crippen LogP contribution in [-0.2, 0) is 6.42 Å². The van der Waals surface area contributed by atoms with E-state index in [2.05, 4.69) is 29.2 Å². The van der Waals surface area contributed by atoms with Crippen molar-refractivity contribution in [3.63, 3.8) is 0 Å². The van der Waals surface area contributed by atoms with E-state index in [4.69, 9.17) is 0 Å². The molecule has 1 atom stereocenters. The van der Waals surface area contributed by atoms with Gasteiger partial charge in [-0.2, -0.15) is 0 Å². The molecule has 104 valence electrons. The molecule has 0 bridgehead atoms. The summed E-state index contributed by atoms with van der Waals surface area (Å²) in [4.78, 5) is 4.01. The number of nitrogens with zero attached hydrogens (tertiary/aromatic N) is 1. The highest BCUT2D eigenvalue weighted by molar-refractivity contribution is 5.28. The van der Waals surface area contributed by atoms with Crippen molar-refractivity contribution in [1.29, 1.82) is 0 Å². The topological polar surface area (TPSA) is 33.1 Å². The van der Waals surface area contributed by atoms with Crippen LogP contribution in [0.3, 0.4) is 0 Å². The van der Waals surface area contributed by atoms with Crippen LogP contribution in [0.5, 0.6) is 0 Å². The molecule has 0 amide bonds. The third-order valence-corrected chi connectivity index (χ3v) is 4.35. The number of aryl methyl sites for hydroxylation is 1. The Morgan fingerprint density at radius 3 is 2.35 bits per heavy atom. The van der Waals surface area contributed by atoms with E-state index in [0.29, 0.717) is 0 Å². The summed E-state index contributed by atoms with van der Waals surface area (Å²) in [7, 11) is 0. The third-order valence-electron chi connectivity index (χ3n) is 4.35. The molecule has 0 radical (unpaired) electrons. The molecule has 1 heterocycles. The maximum absolute atomic E-state index is 10.3. The second-order valence-corrected chi connectivity index (χ2v) is 5.70. The molecule has 2 heteroatoms. The molecule has 1 aromatic carbocycles. The Morgan fingerprint density at radius 2 is 1.75 bits per heavy atom. The monoisotopic (exact) mass is 267 g/mol. The second kappa shape index (κ2) is 6.19. The van der Waals surface area contributed by atoms with E-state index in [1.54, 1.807) is 12.4 Å². The van der Waals surface area contributed by atoms with Gasteiger partial charge in [-0.25, -0.2) is 0 Å². The molecule has 1 fully saturated rings. The van der Waals surface area contributed by atoms with Crippen LogP contribution in [0.4, 0.5) is 0 Å². The predicted octanol–water partition coefficient (Wildman–Crippen LogP) is 4.02. The SMILES string of the molecule is OC(CCc1ccncc1)c1ccc(C2CCC2)cc1. The molecule has 1 aliphatic carbocycles. The lowest BCUT2D eigenvalue weighted by molar-refractivity contribution is 0.168. The minimum Gasteiger partial charge on any atom is -0.388 e. The Kier molecular flexibility index (Phi) is 4.12. The minimum atomic E-state index is -0.376. The van der Waals surface area contributed by atoms with Crippen molar-refractivity contribution in [2.75, 3.05) is 0 Å². The quantitative estimate of drug-likeness (QED) is 0.887. The van der Waals surface area contributed by atoms with Gasteiger partial charge < -0.3 is 5.11 Å². The normalized spacial score (nSPS) is 16.6. The molecule has 2 aromatic rings. The molecular formula is C18H21NO. The van der Waals surface area contributed by atoms with Crippen molar-refractivity contribution in [2.45, 2.75) is 44.1 Å². The molecule has 0 spiro atoms. The second-order valence-electron chi connectivity index (χ2n) is 5.70. The van der Waals surface area contributed by atoms with Crippen LogP contribution in [0.1, 0.15) is 54.4 Å². The largest absolute Gasteiger partial charge is 0.388 e. The highest BCUT2D eigenvalue weighted by atomic mass is 16.3. The summed E-state index contributed by atoms with van der Waals surface area (Å²) in [5, 5.41) is 10.3. The Labute approximate surface area is 120 Å². The highest BCUT2D eigenvalue weighted by Crippen LogP contribution is 2.36. The van der Waals surface area contributed by atoms with E-state index in [9.17, 15) is 5.11 Å². The first kappa shape index (κ1) is 13.3. The predicted molar refractivity (Wildman–Crippen MR) is 80.6 cm³/mol. The van der Waals surface area contributed by atoms with Gasteiger partial charge in [0.05, 0.1) is 6.10 Å². The maximum Gasteiger partial charge on any atom is 0.0793 e. The zero-order valence-electron chi connectivity index (χ0n) is 11.7. The summed E-state index contributed by atoms with van der Waals surface area (Å²) in [6.45, 7) is 0. The van der Waals surface area contributed by atoms with Crippen molar-refractivity contribution in [3.05, 3.63) is 65.5 Å². The van der Waals surface area contributed by atoms with Gasteiger partial charge >= 0.3 is 0 Å². The fourth-order valence-electron chi connectivity index (χ4n) is 2.75. The van der Waals surface area contributed by atoms with Crippen molar-refractivity contribution < 1.29 is 5.11 Å². The Morgan fingerprint density at radius 1 is 1.05 bits per heavy atom. The number of aromatic nitrogens is 1. The fraction of sp³-hybridized carbons (Fsp3) is 0.389. The van der Waals surface area contributed by atoms with Crippen LogP contribution < -0.4 is 0 Å². The first-order chi connectivity index (χ1) is 9.83.